The minimum atomic E-state index is -0.383. The van der Waals surface area contributed by atoms with Crippen LogP contribution in [0.1, 0.15) is 38.1 Å². The van der Waals surface area contributed by atoms with Gasteiger partial charge in [0.05, 0.1) is 6.54 Å². The van der Waals surface area contributed by atoms with E-state index in [-0.39, 0.29) is 11.2 Å². The van der Waals surface area contributed by atoms with Gasteiger partial charge in [-0.25, -0.2) is 9.78 Å². The van der Waals surface area contributed by atoms with Gasteiger partial charge in [0, 0.05) is 24.3 Å². The first kappa shape index (κ1) is 20.6. The normalized spacial score (nSPS) is 11.9. The molecule has 0 spiro atoms. The van der Waals surface area contributed by atoms with Crippen molar-refractivity contribution >= 4 is 32.6 Å². The Morgan fingerprint density at radius 3 is 2.70 bits per heavy atom. The molecule has 1 N–H and O–H groups in total. The Hall–Kier alpha value is -2.71. The van der Waals surface area contributed by atoms with Crippen molar-refractivity contribution in [2.45, 2.75) is 52.9 Å². The van der Waals surface area contributed by atoms with Crippen LogP contribution >= 0.6 is 11.3 Å². The van der Waals surface area contributed by atoms with Gasteiger partial charge in [-0.2, -0.15) is 0 Å². The van der Waals surface area contributed by atoms with E-state index in [1.165, 1.54) is 15.6 Å². The van der Waals surface area contributed by atoms with Gasteiger partial charge in [0.2, 0.25) is 0 Å². The summed E-state index contributed by atoms with van der Waals surface area (Å²) in [4.78, 5) is 34.4. The summed E-state index contributed by atoms with van der Waals surface area (Å²) in [5, 5.41) is 3.49. The van der Waals surface area contributed by atoms with Crippen LogP contribution in [0.2, 0.25) is 0 Å². The number of nitrogens with one attached hydrogen (secondary N) is 1. The summed E-state index contributed by atoms with van der Waals surface area (Å²) < 4.78 is 4.81. The third-order valence-electron chi connectivity index (χ3n) is 5.43. The number of H-pyrrole nitrogens is 1. The number of benzene rings is 1. The maximum absolute atomic E-state index is 12.6. The smallest absolute Gasteiger partial charge is 0.321 e. The van der Waals surface area contributed by atoms with Crippen LogP contribution in [0.15, 0.2) is 39.2 Å². The lowest BCUT2D eigenvalue weighted by Crippen LogP contribution is -2.31. The fourth-order valence-corrected chi connectivity index (χ4v) is 4.90. The SMILES string of the molecule is CCCCn1c(=O)[nH]c(=O)c2c1nc(CN(C)Cc1csc3ccccc13)n2CC. The van der Waals surface area contributed by atoms with Gasteiger partial charge >= 0.3 is 5.69 Å². The Kier molecular flexibility index (Phi) is 5.87. The molecule has 158 valence electrons. The molecule has 4 rings (SSSR count). The van der Waals surface area contributed by atoms with E-state index in [9.17, 15) is 9.59 Å². The molecule has 8 heteroatoms. The highest BCUT2D eigenvalue weighted by Gasteiger charge is 2.19. The van der Waals surface area contributed by atoms with E-state index in [1.54, 1.807) is 15.9 Å². The summed E-state index contributed by atoms with van der Waals surface area (Å²) in [5.74, 6) is 0.802. The first-order valence-corrected chi connectivity index (χ1v) is 11.3. The van der Waals surface area contributed by atoms with Crippen molar-refractivity contribution in [1.82, 2.24) is 24.0 Å². The van der Waals surface area contributed by atoms with Crippen LogP contribution in [-0.4, -0.2) is 31.0 Å². The molecule has 3 heterocycles. The summed E-state index contributed by atoms with van der Waals surface area (Å²) in [6.07, 6.45) is 1.83. The molecule has 0 bridgehead atoms. The molecule has 0 amide bonds. The van der Waals surface area contributed by atoms with Gasteiger partial charge < -0.3 is 4.57 Å². The molecule has 0 saturated carbocycles. The number of aromatic nitrogens is 4. The Balaban J connectivity index is 1.69. The zero-order valence-corrected chi connectivity index (χ0v) is 18.5. The summed E-state index contributed by atoms with van der Waals surface area (Å²) in [7, 11) is 2.06. The summed E-state index contributed by atoms with van der Waals surface area (Å²) in [6.45, 7) is 6.63. The third kappa shape index (κ3) is 3.73. The van der Waals surface area contributed by atoms with Crippen LogP contribution < -0.4 is 11.2 Å². The van der Waals surface area contributed by atoms with Crippen LogP contribution in [0, 0.1) is 0 Å². The van der Waals surface area contributed by atoms with Gasteiger partial charge in [-0.1, -0.05) is 31.5 Å². The van der Waals surface area contributed by atoms with Gasteiger partial charge in [0.1, 0.15) is 5.82 Å². The minimum Gasteiger partial charge on any atom is -0.321 e. The molecule has 0 unspecified atom stereocenters. The van der Waals surface area contributed by atoms with E-state index in [0.29, 0.717) is 30.8 Å². The molecule has 0 aliphatic rings. The maximum atomic E-state index is 12.6. The highest BCUT2D eigenvalue weighted by atomic mass is 32.1. The van der Waals surface area contributed by atoms with Gasteiger partial charge in [0.15, 0.2) is 11.2 Å². The van der Waals surface area contributed by atoms with E-state index in [0.717, 1.165) is 25.2 Å². The number of hydrogen-bond donors (Lipinski definition) is 1. The van der Waals surface area contributed by atoms with Crippen molar-refractivity contribution in [3.05, 3.63) is 61.9 Å². The van der Waals surface area contributed by atoms with E-state index in [4.69, 9.17) is 4.98 Å². The molecule has 0 aliphatic carbocycles. The van der Waals surface area contributed by atoms with E-state index in [1.807, 2.05) is 11.5 Å². The number of rotatable bonds is 8. The monoisotopic (exact) mass is 425 g/mol. The van der Waals surface area contributed by atoms with Crippen LogP contribution in [-0.2, 0) is 26.2 Å². The largest absolute Gasteiger partial charge is 0.330 e. The van der Waals surface area contributed by atoms with Crippen molar-refractivity contribution in [1.29, 1.82) is 0 Å². The van der Waals surface area contributed by atoms with Gasteiger partial charge in [0.25, 0.3) is 5.56 Å². The molecule has 30 heavy (non-hydrogen) atoms. The van der Waals surface area contributed by atoms with Gasteiger partial charge in [-0.15, -0.1) is 11.3 Å². The number of fused-ring (bicyclic) bond motifs is 2. The summed E-state index contributed by atoms with van der Waals surface area (Å²) in [5.41, 5.74) is 1.51. The van der Waals surface area contributed by atoms with Crippen LogP contribution in [0.4, 0.5) is 0 Å². The molecule has 0 radical (unpaired) electrons. The summed E-state index contributed by atoms with van der Waals surface area (Å²) >= 11 is 1.76. The second kappa shape index (κ2) is 8.57. The van der Waals surface area contributed by atoms with Gasteiger partial charge in [-0.05, 0) is 42.8 Å². The number of unbranched alkanes of at least 4 members (excludes halogenated alkanes) is 1. The van der Waals surface area contributed by atoms with Crippen molar-refractivity contribution in [3.63, 3.8) is 0 Å². The third-order valence-corrected chi connectivity index (χ3v) is 6.44. The Labute approximate surface area is 178 Å². The lowest BCUT2D eigenvalue weighted by molar-refractivity contribution is 0.307. The predicted molar refractivity (Wildman–Crippen MR) is 122 cm³/mol. The lowest BCUT2D eigenvalue weighted by atomic mass is 10.2. The maximum Gasteiger partial charge on any atom is 0.330 e. The molecule has 0 saturated heterocycles. The second-order valence-corrected chi connectivity index (χ2v) is 8.55. The van der Waals surface area contributed by atoms with Crippen LogP contribution in [0.5, 0.6) is 0 Å². The highest BCUT2D eigenvalue weighted by Crippen LogP contribution is 2.26. The molecule has 7 nitrogen and oxygen atoms in total. The number of thiophene rings is 1. The molecule has 1 aromatic carbocycles. The molecular formula is C22H27N5O2S. The number of aryl methyl sites for hydroxylation is 2. The quantitative estimate of drug-likeness (QED) is 0.468. The van der Waals surface area contributed by atoms with E-state index < -0.39 is 0 Å². The fraction of sp³-hybridized carbons (Fsp3) is 0.409. The topological polar surface area (TPSA) is 75.9 Å². The molecule has 3 aromatic heterocycles. The van der Waals surface area contributed by atoms with E-state index >= 15 is 0 Å². The fourth-order valence-electron chi connectivity index (χ4n) is 3.95. The molecule has 0 fully saturated rings. The zero-order valence-electron chi connectivity index (χ0n) is 17.6. The molecular weight excluding hydrogens is 398 g/mol. The average Bonchev–Trinajstić information content (AvgIpc) is 3.29. The van der Waals surface area contributed by atoms with Crippen molar-refractivity contribution in [2.75, 3.05) is 7.05 Å². The highest BCUT2D eigenvalue weighted by molar-refractivity contribution is 7.17. The number of nitrogens with zero attached hydrogens (tertiary/aromatic N) is 4. The lowest BCUT2D eigenvalue weighted by Gasteiger charge is -2.16. The van der Waals surface area contributed by atoms with Crippen molar-refractivity contribution in [2.24, 2.45) is 0 Å². The Morgan fingerprint density at radius 1 is 1.13 bits per heavy atom. The average molecular weight is 426 g/mol. The number of imidazole rings is 1. The number of hydrogen-bond acceptors (Lipinski definition) is 5. The van der Waals surface area contributed by atoms with E-state index in [2.05, 4.69) is 53.5 Å². The molecule has 4 aromatic rings. The second-order valence-electron chi connectivity index (χ2n) is 7.64. The van der Waals surface area contributed by atoms with Crippen molar-refractivity contribution in [3.8, 4) is 0 Å². The first-order valence-electron chi connectivity index (χ1n) is 10.4. The Bertz CT molecular complexity index is 1300. The summed E-state index contributed by atoms with van der Waals surface area (Å²) in [6, 6.07) is 8.42. The predicted octanol–water partition coefficient (Wildman–Crippen LogP) is 3.55. The number of aromatic amines is 1. The Morgan fingerprint density at radius 2 is 1.93 bits per heavy atom. The molecule has 0 aliphatic heterocycles. The minimum absolute atomic E-state index is 0.366. The standard InChI is InChI=1S/C22H27N5O2S/c1-4-6-11-27-20-19(21(28)24-22(27)29)26(5-2)18(23-20)13-25(3)12-15-14-30-17-10-8-7-9-16(15)17/h7-10,14H,4-6,11-13H2,1-3H3,(H,24,28,29). The van der Waals surface area contributed by atoms with Crippen molar-refractivity contribution < 1.29 is 0 Å². The first-order chi connectivity index (χ1) is 14.5. The van der Waals surface area contributed by atoms with Crippen LogP contribution in [0.3, 0.4) is 0 Å². The van der Waals surface area contributed by atoms with Crippen LogP contribution in [0.25, 0.3) is 21.3 Å². The zero-order chi connectivity index (χ0) is 21.3. The molecule has 0 atom stereocenters. The van der Waals surface area contributed by atoms with Gasteiger partial charge in [-0.3, -0.25) is 19.2 Å².